The predicted octanol–water partition coefficient (Wildman–Crippen LogP) is 1.25. The summed E-state index contributed by atoms with van der Waals surface area (Å²) in [6, 6.07) is 3.80. The molecule has 1 fully saturated rings. The van der Waals surface area contributed by atoms with E-state index in [9.17, 15) is 0 Å². The first-order valence-corrected chi connectivity index (χ1v) is 5.30. The highest BCUT2D eigenvalue weighted by Crippen LogP contribution is 2.29. The number of nitrogens with two attached hydrogens (primary N) is 1. The van der Waals surface area contributed by atoms with Gasteiger partial charge in [-0.05, 0) is 6.07 Å². The van der Waals surface area contributed by atoms with Gasteiger partial charge in [-0.2, -0.15) is 0 Å². The first-order chi connectivity index (χ1) is 7.84. The van der Waals surface area contributed by atoms with Crippen LogP contribution in [-0.2, 0) is 4.74 Å². The Morgan fingerprint density at radius 3 is 2.88 bits per heavy atom. The zero-order chi connectivity index (χ0) is 11.0. The molecular weight excluding hydrogens is 206 g/mol. The maximum atomic E-state index is 6.01. The highest BCUT2D eigenvalue weighted by molar-refractivity contribution is 5.85. The summed E-state index contributed by atoms with van der Waals surface area (Å²) in [4.78, 5) is 6.35. The van der Waals surface area contributed by atoms with E-state index >= 15 is 0 Å². The fourth-order valence-corrected chi connectivity index (χ4v) is 1.99. The van der Waals surface area contributed by atoms with Crippen molar-refractivity contribution in [2.24, 2.45) is 0 Å². The Morgan fingerprint density at radius 2 is 2.06 bits per heavy atom. The Balaban J connectivity index is 2.03. The van der Waals surface area contributed by atoms with Crippen molar-refractivity contribution in [1.82, 2.24) is 4.98 Å². The van der Waals surface area contributed by atoms with E-state index in [1.54, 1.807) is 0 Å². The fraction of sp³-hybridized carbons (Fsp3) is 0.364. The van der Waals surface area contributed by atoms with E-state index < -0.39 is 0 Å². The molecule has 5 heteroatoms. The van der Waals surface area contributed by atoms with Crippen molar-refractivity contribution >= 4 is 22.5 Å². The first kappa shape index (κ1) is 9.47. The number of rotatable bonds is 1. The van der Waals surface area contributed by atoms with Crippen LogP contribution in [0.4, 0.5) is 11.4 Å². The number of anilines is 2. The van der Waals surface area contributed by atoms with E-state index in [2.05, 4.69) is 9.88 Å². The summed E-state index contributed by atoms with van der Waals surface area (Å²) in [5.74, 6) is 0. The van der Waals surface area contributed by atoms with Crippen LogP contribution >= 0.6 is 0 Å². The van der Waals surface area contributed by atoms with Gasteiger partial charge in [-0.15, -0.1) is 0 Å². The van der Waals surface area contributed by atoms with Crippen molar-refractivity contribution in [2.45, 2.75) is 0 Å². The molecule has 3 rings (SSSR count). The maximum absolute atomic E-state index is 6.01. The molecule has 0 spiro atoms. The Bertz CT molecular complexity index is 503. The SMILES string of the molecule is Nc1cc2ocnc2cc1N1CCOCC1. The standard InChI is InChI=1S/C11H13N3O2/c12-8-5-11-9(13-7-16-11)6-10(8)14-1-3-15-4-2-14/h5-7H,1-4,12H2. The molecule has 2 N–H and O–H groups in total. The lowest BCUT2D eigenvalue weighted by Crippen LogP contribution is -2.36. The number of nitrogen functional groups attached to an aromatic ring is 1. The number of benzene rings is 1. The molecule has 0 saturated carbocycles. The van der Waals surface area contributed by atoms with Gasteiger partial charge in [0.15, 0.2) is 12.0 Å². The van der Waals surface area contributed by atoms with Crippen LogP contribution in [0.15, 0.2) is 22.9 Å². The molecule has 1 saturated heterocycles. The second-order valence-electron chi connectivity index (χ2n) is 3.83. The minimum atomic E-state index is 0.728. The zero-order valence-electron chi connectivity index (χ0n) is 8.85. The molecule has 0 aliphatic carbocycles. The largest absolute Gasteiger partial charge is 0.443 e. The van der Waals surface area contributed by atoms with Crippen molar-refractivity contribution in [1.29, 1.82) is 0 Å². The molecule has 16 heavy (non-hydrogen) atoms. The molecule has 5 nitrogen and oxygen atoms in total. The number of oxazole rings is 1. The van der Waals surface area contributed by atoms with Gasteiger partial charge in [-0.25, -0.2) is 4.98 Å². The highest BCUT2D eigenvalue weighted by atomic mass is 16.5. The van der Waals surface area contributed by atoms with Crippen LogP contribution in [0.3, 0.4) is 0 Å². The topological polar surface area (TPSA) is 64.5 Å². The van der Waals surface area contributed by atoms with Gasteiger partial charge in [-0.3, -0.25) is 0 Å². The van der Waals surface area contributed by atoms with E-state index in [1.165, 1.54) is 6.39 Å². The summed E-state index contributed by atoms with van der Waals surface area (Å²) in [5.41, 5.74) is 9.33. The van der Waals surface area contributed by atoms with Crippen molar-refractivity contribution in [3.8, 4) is 0 Å². The highest BCUT2D eigenvalue weighted by Gasteiger charge is 2.15. The van der Waals surface area contributed by atoms with Gasteiger partial charge in [0.25, 0.3) is 0 Å². The monoisotopic (exact) mass is 219 g/mol. The first-order valence-electron chi connectivity index (χ1n) is 5.30. The molecule has 0 atom stereocenters. The number of morpholine rings is 1. The Morgan fingerprint density at radius 1 is 1.25 bits per heavy atom. The molecule has 1 aliphatic rings. The lowest BCUT2D eigenvalue weighted by molar-refractivity contribution is 0.123. The molecule has 0 radical (unpaired) electrons. The third-order valence-corrected chi connectivity index (χ3v) is 2.83. The number of ether oxygens (including phenoxy) is 1. The maximum Gasteiger partial charge on any atom is 0.181 e. The van der Waals surface area contributed by atoms with Gasteiger partial charge < -0.3 is 19.8 Å². The second-order valence-corrected chi connectivity index (χ2v) is 3.83. The summed E-state index contributed by atoms with van der Waals surface area (Å²) < 4.78 is 10.5. The molecule has 2 heterocycles. The molecule has 0 unspecified atom stereocenters. The smallest absolute Gasteiger partial charge is 0.181 e. The van der Waals surface area contributed by atoms with Crippen molar-refractivity contribution in [3.05, 3.63) is 18.5 Å². The number of nitrogens with zero attached hydrogens (tertiary/aromatic N) is 2. The van der Waals surface area contributed by atoms with Crippen molar-refractivity contribution < 1.29 is 9.15 Å². The Kier molecular flexibility index (Phi) is 2.18. The van der Waals surface area contributed by atoms with E-state index in [4.69, 9.17) is 14.9 Å². The van der Waals surface area contributed by atoms with Gasteiger partial charge in [0, 0.05) is 19.2 Å². The van der Waals surface area contributed by atoms with Crippen LogP contribution in [0.1, 0.15) is 0 Å². The number of hydrogen-bond acceptors (Lipinski definition) is 5. The van der Waals surface area contributed by atoms with Crippen LogP contribution in [0.2, 0.25) is 0 Å². The van der Waals surface area contributed by atoms with Crippen LogP contribution in [0.25, 0.3) is 11.1 Å². The van der Waals surface area contributed by atoms with Gasteiger partial charge in [0.1, 0.15) is 5.52 Å². The number of hydrogen-bond donors (Lipinski definition) is 1. The second kappa shape index (κ2) is 3.68. The van der Waals surface area contributed by atoms with Gasteiger partial charge >= 0.3 is 0 Å². The summed E-state index contributed by atoms with van der Waals surface area (Å²) in [6.07, 6.45) is 1.44. The summed E-state index contributed by atoms with van der Waals surface area (Å²) >= 11 is 0. The van der Waals surface area contributed by atoms with Gasteiger partial charge in [0.2, 0.25) is 0 Å². The Labute approximate surface area is 92.8 Å². The molecular formula is C11H13N3O2. The van der Waals surface area contributed by atoms with Gasteiger partial charge in [-0.1, -0.05) is 0 Å². The number of fused-ring (bicyclic) bond motifs is 1. The predicted molar refractivity (Wildman–Crippen MR) is 61.5 cm³/mol. The van der Waals surface area contributed by atoms with Crippen LogP contribution in [0, 0.1) is 0 Å². The molecule has 0 amide bonds. The number of aromatic nitrogens is 1. The lowest BCUT2D eigenvalue weighted by atomic mass is 10.2. The average molecular weight is 219 g/mol. The molecule has 1 aliphatic heterocycles. The van der Waals surface area contributed by atoms with Crippen LogP contribution in [0.5, 0.6) is 0 Å². The van der Waals surface area contributed by atoms with E-state index in [-0.39, 0.29) is 0 Å². The van der Waals surface area contributed by atoms with Crippen molar-refractivity contribution in [3.63, 3.8) is 0 Å². The van der Waals surface area contributed by atoms with Crippen molar-refractivity contribution in [2.75, 3.05) is 36.9 Å². The third kappa shape index (κ3) is 1.49. The summed E-state index contributed by atoms with van der Waals surface area (Å²) in [6.45, 7) is 3.23. The molecule has 0 bridgehead atoms. The van der Waals surface area contributed by atoms with Gasteiger partial charge in [0.05, 0.1) is 24.6 Å². The molecule has 2 aromatic rings. The van der Waals surface area contributed by atoms with Crippen LogP contribution < -0.4 is 10.6 Å². The minimum Gasteiger partial charge on any atom is -0.443 e. The fourth-order valence-electron chi connectivity index (χ4n) is 1.99. The third-order valence-electron chi connectivity index (χ3n) is 2.83. The van der Waals surface area contributed by atoms with E-state index in [0.717, 1.165) is 48.8 Å². The minimum absolute atomic E-state index is 0.728. The quantitative estimate of drug-likeness (QED) is 0.731. The normalized spacial score (nSPS) is 16.9. The lowest BCUT2D eigenvalue weighted by Gasteiger charge is -2.29. The molecule has 1 aromatic carbocycles. The Hall–Kier alpha value is -1.75. The molecule has 84 valence electrons. The summed E-state index contributed by atoms with van der Waals surface area (Å²) in [5, 5.41) is 0. The summed E-state index contributed by atoms with van der Waals surface area (Å²) in [7, 11) is 0. The van der Waals surface area contributed by atoms with E-state index in [1.807, 2.05) is 12.1 Å². The molecule has 1 aromatic heterocycles. The van der Waals surface area contributed by atoms with E-state index in [0.29, 0.717) is 0 Å². The van der Waals surface area contributed by atoms with Crippen LogP contribution in [-0.4, -0.2) is 31.3 Å². The average Bonchev–Trinajstić information content (AvgIpc) is 2.76. The zero-order valence-corrected chi connectivity index (χ0v) is 8.85.